The molecule has 0 aromatic rings. The van der Waals surface area contributed by atoms with Gasteiger partial charge in [0, 0.05) is 25.7 Å². The normalized spacial score (nSPS) is 34.1. The van der Waals surface area contributed by atoms with Crippen molar-refractivity contribution in [3.63, 3.8) is 0 Å². The highest BCUT2D eigenvalue weighted by Gasteiger charge is 2.27. The van der Waals surface area contributed by atoms with Crippen LogP contribution in [0.3, 0.4) is 0 Å². The lowest BCUT2D eigenvalue weighted by molar-refractivity contribution is 0.221. The van der Waals surface area contributed by atoms with Gasteiger partial charge < -0.3 is 15.1 Å². The molecule has 1 N–H and O–H groups in total. The maximum atomic E-state index is 3.49. The Hall–Kier alpha value is -0.120. The molecular formula is C13H27N3. The second-order valence-electron chi connectivity index (χ2n) is 5.54. The zero-order valence-corrected chi connectivity index (χ0v) is 10.9. The van der Waals surface area contributed by atoms with E-state index in [1.165, 1.54) is 58.4 Å². The van der Waals surface area contributed by atoms with E-state index in [2.05, 4.69) is 29.2 Å². The van der Waals surface area contributed by atoms with Crippen LogP contribution in [-0.4, -0.2) is 62.7 Å². The molecule has 94 valence electrons. The van der Waals surface area contributed by atoms with Gasteiger partial charge in [-0.15, -0.1) is 0 Å². The summed E-state index contributed by atoms with van der Waals surface area (Å²) in [7, 11) is 4.37. The van der Waals surface area contributed by atoms with Gasteiger partial charge in [0.1, 0.15) is 0 Å². The van der Waals surface area contributed by atoms with Crippen LogP contribution in [0.4, 0.5) is 0 Å². The summed E-state index contributed by atoms with van der Waals surface area (Å²) in [6.45, 7) is 6.41. The number of hydrogen-bond donors (Lipinski definition) is 1. The van der Waals surface area contributed by atoms with Gasteiger partial charge >= 0.3 is 0 Å². The zero-order valence-electron chi connectivity index (χ0n) is 10.9. The summed E-state index contributed by atoms with van der Waals surface area (Å²) >= 11 is 0. The molecule has 1 heterocycles. The monoisotopic (exact) mass is 225 g/mol. The average Bonchev–Trinajstić information content (AvgIpc) is 2.63. The Labute approximate surface area is 100 Å². The Morgan fingerprint density at radius 2 is 1.94 bits per heavy atom. The van der Waals surface area contributed by atoms with Gasteiger partial charge in [0.05, 0.1) is 0 Å². The van der Waals surface area contributed by atoms with Gasteiger partial charge in [-0.05, 0) is 52.4 Å². The van der Waals surface area contributed by atoms with Crippen LogP contribution in [0, 0.1) is 5.92 Å². The quantitative estimate of drug-likeness (QED) is 0.773. The third-order valence-corrected chi connectivity index (χ3v) is 4.33. The third-order valence-electron chi connectivity index (χ3n) is 4.33. The molecule has 0 radical (unpaired) electrons. The molecule has 1 saturated heterocycles. The summed E-state index contributed by atoms with van der Waals surface area (Å²) in [4.78, 5) is 5.15. The molecule has 2 aliphatic rings. The number of hydrogen-bond acceptors (Lipinski definition) is 3. The van der Waals surface area contributed by atoms with Crippen molar-refractivity contribution in [2.24, 2.45) is 5.92 Å². The lowest BCUT2D eigenvalue weighted by Gasteiger charge is -2.27. The van der Waals surface area contributed by atoms with Crippen LogP contribution >= 0.6 is 0 Å². The van der Waals surface area contributed by atoms with E-state index in [1.807, 2.05) is 0 Å². The van der Waals surface area contributed by atoms with E-state index in [1.54, 1.807) is 0 Å². The van der Waals surface area contributed by atoms with Gasteiger partial charge in [0.15, 0.2) is 0 Å². The highest BCUT2D eigenvalue weighted by atomic mass is 15.2. The van der Waals surface area contributed by atoms with Crippen molar-refractivity contribution in [2.75, 3.05) is 46.8 Å². The molecule has 3 nitrogen and oxygen atoms in total. The molecule has 0 aromatic heterocycles. The summed E-state index contributed by atoms with van der Waals surface area (Å²) < 4.78 is 0. The number of nitrogens with one attached hydrogen (secondary N) is 1. The minimum absolute atomic E-state index is 0.779. The molecule has 2 fully saturated rings. The van der Waals surface area contributed by atoms with Gasteiger partial charge in [0.25, 0.3) is 0 Å². The highest BCUT2D eigenvalue weighted by molar-refractivity contribution is 4.84. The van der Waals surface area contributed by atoms with Crippen LogP contribution in [0.5, 0.6) is 0 Å². The molecule has 0 spiro atoms. The molecule has 16 heavy (non-hydrogen) atoms. The lowest BCUT2D eigenvalue weighted by atomic mass is 10.0. The van der Waals surface area contributed by atoms with Gasteiger partial charge in [-0.2, -0.15) is 0 Å². The standard InChI is InChI=1S/C13H27N3/c1-14-13-6-3-5-12(13)11-16-8-4-7-15(2)9-10-16/h12-14H,3-11H2,1-2H3. The van der Waals surface area contributed by atoms with Gasteiger partial charge in [0.2, 0.25) is 0 Å². The molecule has 0 bridgehead atoms. The maximum absolute atomic E-state index is 3.49. The molecule has 2 unspecified atom stereocenters. The number of nitrogens with zero attached hydrogens (tertiary/aromatic N) is 2. The highest BCUT2D eigenvalue weighted by Crippen LogP contribution is 2.26. The first-order chi connectivity index (χ1) is 7.79. The van der Waals surface area contributed by atoms with E-state index in [4.69, 9.17) is 0 Å². The first kappa shape index (κ1) is 12.3. The van der Waals surface area contributed by atoms with Gasteiger partial charge in [-0.25, -0.2) is 0 Å². The van der Waals surface area contributed by atoms with E-state index < -0.39 is 0 Å². The number of rotatable bonds is 3. The fraction of sp³-hybridized carbons (Fsp3) is 1.00. The SMILES string of the molecule is CNC1CCCC1CN1CCCN(C)CC1. The van der Waals surface area contributed by atoms with Crippen molar-refractivity contribution in [1.29, 1.82) is 0 Å². The summed E-state index contributed by atoms with van der Waals surface area (Å²) in [6, 6.07) is 0.779. The van der Waals surface area contributed by atoms with Crippen molar-refractivity contribution < 1.29 is 0 Å². The summed E-state index contributed by atoms with van der Waals surface area (Å²) in [5.41, 5.74) is 0. The van der Waals surface area contributed by atoms with E-state index in [0.29, 0.717) is 0 Å². The molecule has 2 rings (SSSR count). The molecule has 0 aromatic carbocycles. The van der Waals surface area contributed by atoms with Crippen LogP contribution in [0.25, 0.3) is 0 Å². The van der Waals surface area contributed by atoms with Crippen molar-refractivity contribution in [1.82, 2.24) is 15.1 Å². The van der Waals surface area contributed by atoms with E-state index in [-0.39, 0.29) is 0 Å². The lowest BCUT2D eigenvalue weighted by Crippen LogP contribution is -2.39. The molecule has 1 aliphatic heterocycles. The minimum Gasteiger partial charge on any atom is -0.317 e. The first-order valence-electron chi connectivity index (χ1n) is 6.88. The molecular weight excluding hydrogens is 198 g/mol. The predicted octanol–water partition coefficient (Wildman–Crippen LogP) is 1.01. The molecule has 2 atom stereocenters. The van der Waals surface area contributed by atoms with Gasteiger partial charge in [-0.1, -0.05) is 6.42 Å². The third kappa shape index (κ3) is 3.19. The smallest absolute Gasteiger partial charge is 0.0109 e. The number of likely N-dealkylation sites (N-methyl/N-ethyl adjacent to an activating group) is 1. The fourth-order valence-electron chi connectivity index (χ4n) is 3.25. The Morgan fingerprint density at radius 1 is 1.06 bits per heavy atom. The average molecular weight is 225 g/mol. The van der Waals surface area contributed by atoms with E-state index in [9.17, 15) is 0 Å². The van der Waals surface area contributed by atoms with Crippen molar-refractivity contribution in [3.8, 4) is 0 Å². The van der Waals surface area contributed by atoms with Crippen molar-refractivity contribution >= 4 is 0 Å². The zero-order chi connectivity index (χ0) is 11.4. The maximum Gasteiger partial charge on any atom is 0.0109 e. The van der Waals surface area contributed by atoms with Crippen LogP contribution in [-0.2, 0) is 0 Å². The summed E-state index contributed by atoms with van der Waals surface area (Å²) in [5, 5.41) is 3.49. The predicted molar refractivity (Wildman–Crippen MR) is 68.7 cm³/mol. The first-order valence-corrected chi connectivity index (χ1v) is 6.88. The van der Waals surface area contributed by atoms with E-state index >= 15 is 0 Å². The van der Waals surface area contributed by atoms with Crippen LogP contribution in [0.15, 0.2) is 0 Å². The second kappa shape index (κ2) is 5.99. The summed E-state index contributed by atoms with van der Waals surface area (Å²) in [5.74, 6) is 0.897. The largest absolute Gasteiger partial charge is 0.317 e. The van der Waals surface area contributed by atoms with Crippen LogP contribution in [0.2, 0.25) is 0 Å². The Kier molecular flexibility index (Phi) is 4.62. The van der Waals surface area contributed by atoms with Gasteiger partial charge in [-0.3, -0.25) is 0 Å². The summed E-state index contributed by atoms with van der Waals surface area (Å²) in [6.07, 6.45) is 5.57. The second-order valence-corrected chi connectivity index (χ2v) is 5.54. The molecule has 3 heteroatoms. The topological polar surface area (TPSA) is 18.5 Å². The fourth-order valence-corrected chi connectivity index (χ4v) is 3.25. The van der Waals surface area contributed by atoms with Crippen LogP contribution in [0.1, 0.15) is 25.7 Å². The molecule has 1 aliphatic carbocycles. The van der Waals surface area contributed by atoms with Crippen LogP contribution < -0.4 is 5.32 Å². The Morgan fingerprint density at radius 3 is 2.75 bits per heavy atom. The Bertz CT molecular complexity index is 207. The minimum atomic E-state index is 0.779. The van der Waals surface area contributed by atoms with Crippen molar-refractivity contribution in [3.05, 3.63) is 0 Å². The Balaban J connectivity index is 1.79. The van der Waals surface area contributed by atoms with E-state index in [0.717, 1.165) is 12.0 Å². The molecule has 0 amide bonds. The molecule has 1 saturated carbocycles. The van der Waals surface area contributed by atoms with Crippen molar-refractivity contribution in [2.45, 2.75) is 31.7 Å².